The van der Waals surface area contributed by atoms with Gasteiger partial charge in [-0.05, 0) is 0 Å². The highest BCUT2D eigenvalue weighted by Crippen LogP contribution is 2.57. The number of ether oxygens (including phenoxy) is 2. The first-order chi connectivity index (χ1) is 17.0. The number of nitrogens with zero attached hydrogens (tertiary/aromatic N) is 1. The quantitative estimate of drug-likeness (QED) is 0.148. The molecule has 11 atom stereocenters. The van der Waals surface area contributed by atoms with Crippen LogP contribution in [0.1, 0.15) is 6.23 Å². The third-order valence-electron chi connectivity index (χ3n) is 5.09. The molecule has 0 aromatic carbocycles. The molecule has 6 N–H and O–H groups in total. The number of phosphoric ester groups is 2. The van der Waals surface area contributed by atoms with Crippen LogP contribution in [0.25, 0.3) is 0 Å². The van der Waals surface area contributed by atoms with E-state index >= 15 is 0 Å². The number of hydrogen-bond donors (Lipinski definition) is 6. The molecule has 2 fully saturated rings. The molecule has 3 rings (SSSR count). The Hall–Kier alpha value is -1.87. The zero-order valence-corrected chi connectivity index (χ0v) is 19.7. The minimum Gasteiger partial charge on any atom is -0.756 e. The number of hydrogen-bond acceptors (Lipinski definition) is 18. The number of H-pyrrole nitrogens is 1. The molecular weight excluding hydrogens is 558 g/mol. The molecule has 1 aromatic heterocycles. The van der Waals surface area contributed by atoms with Crippen LogP contribution >= 0.6 is 15.6 Å². The highest BCUT2D eigenvalue weighted by atomic mass is 31.3. The second-order valence-electron chi connectivity index (χ2n) is 7.66. The van der Waals surface area contributed by atoms with Crippen molar-refractivity contribution in [1.82, 2.24) is 9.55 Å². The van der Waals surface area contributed by atoms with Crippen molar-refractivity contribution in [3.8, 4) is 0 Å². The molecule has 0 aliphatic carbocycles. The van der Waals surface area contributed by atoms with Gasteiger partial charge in [0.25, 0.3) is 21.2 Å². The Kier molecular flexibility index (Phi) is 8.89. The van der Waals surface area contributed by atoms with Gasteiger partial charge in [-0.25, -0.2) is 9.11 Å². The number of aliphatic hydroxyl groups is 5. The normalized spacial score (nSPS) is 37.5. The first-order valence-corrected chi connectivity index (χ1v) is 12.8. The van der Waals surface area contributed by atoms with E-state index < -0.39 is 94.7 Å². The molecule has 1 aromatic rings. The Balaban J connectivity index is 1.63. The van der Waals surface area contributed by atoms with Gasteiger partial charge >= 0.3 is 5.69 Å². The van der Waals surface area contributed by atoms with Crippen molar-refractivity contribution < 1.29 is 77.2 Å². The number of aliphatic hydroxyl groups excluding tert-OH is 5. The molecule has 0 radical (unpaired) electrons. The highest BCUT2D eigenvalue weighted by Gasteiger charge is 2.47. The van der Waals surface area contributed by atoms with Crippen molar-refractivity contribution in [2.45, 2.75) is 55.2 Å². The summed E-state index contributed by atoms with van der Waals surface area (Å²) in [5.41, 5.74) is -1.83. The van der Waals surface area contributed by atoms with Gasteiger partial charge in [0.1, 0.15) is 42.7 Å². The lowest BCUT2D eigenvalue weighted by Crippen LogP contribution is -2.62. The predicted molar refractivity (Wildman–Crippen MR) is 102 cm³/mol. The van der Waals surface area contributed by atoms with Crippen LogP contribution in [-0.2, 0) is 36.8 Å². The van der Waals surface area contributed by atoms with Crippen LogP contribution in [0.3, 0.4) is 0 Å². The lowest BCUT2D eigenvalue weighted by Gasteiger charge is -2.42. The second-order valence-corrected chi connectivity index (χ2v) is 10.6. The van der Waals surface area contributed by atoms with E-state index in [1.54, 1.807) is 0 Å². The van der Waals surface area contributed by atoms with E-state index in [2.05, 4.69) is 18.1 Å². The molecule has 210 valence electrons. The summed E-state index contributed by atoms with van der Waals surface area (Å²) in [6, 6.07) is 0.890. The summed E-state index contributed by atoms with van der Waals surface area (Å²) in [4.78, 5) is 59.8. The van der Waals surface area contributed by atoms with E-state index in [0.717, 1.165) is 12.3 Å². The molecule has 0 bridgehead atoms. The van der Waals surface area contributed by atoms with Gasteiger partial charge in [0.15, 0.2) is 12.5 Å². The number of nitrogens with one attached hydrogen (secondary N) is 1. The first-order valence-electron chi connectivity index (χ1n) is 9.93. The molecule has 2 saturated heterocycles. The number of carbonyl (C=O) groups excluding carboxylic acids is 1. The number of carbonyl (C=O) groups is 1. The van der Waals surface area contributed by atoms with Gasteiger partial charge in [-0.15, -0.1) is 0 Å². The van der Waals surface area contributed by atoms with Gasteiger partial charge in [0.05, 0.1) is 12.6 Å². The standard InChI is InChI=1S/C15H22N2O18P2/c18-5-1-2-17(15(26)16-5)12-9(22)6(19)4(32-12)3-31-36(27,28)35-37(29,30)34-14-10(23)7(20)8(21)11(33-14)13(24)25/h1-2,4,6-12,14,19-23H,3H2,(H,24,25)(H,27,28)(H,29,30)(H,16,18,26)/p-3/t4-,6-,7+,8+,9-,10-,11-,12-,14?/m1/s1. The maximum absolute atomic E-state index is 12.0. The molecule has 2 aliphatic heterocycles. The Labute approximate surface area is 204 Å². The maximum atomic E-state index is 12.0. The van der Waals surface area contributed by atoms with Crippen LogP contribution < -0.4 is 26.1 Å². The van der Waals surface area contributed by atoms with Crippen molar-refractivity contribution in [1.29, 1.82) is 0 Å². The average molecular weight is 577 g/mol. The Bertz CT molecular complexity index is 1200. The molecule has 37 heavy (non-hydrogen) atoms. The summed E-state index contributed by atoms with van der Waals surface area (Å²) in [6.45, 7) is -1.17. The maximum Gasteiger partial charge on any atom is 0.330 e. The predicted octanol–water partition coefficient (Wildman–Crippen LogP) is -7.30. The zero-order chi connectivity index (χ0) is 27.9. The summed E-state index contributed by atoms with van der Waals surface area (Å²) < 4.78 is 46.5. The van der Waals surface area contributed by atoms with Crippen molar-refractivity contribution in [3.63, 3.8) is 0 Å². The zero-order valence-electron chi connectivity index (χ0n) is 17.9. The van der Waals surface area contributed by atoms with Crippen molar-refractivity contribution >= 4 is 21.6 Å². The summed E-state index contributed by atoms with van der Waals surface area (Å²) >= 11 is 0. The number of carboxylic acid groups (broad SMARTS) is 1. The Morgan fingerprint density at radius 2 is 1.65 bits per heavy atom. The van der Waals surface area contributed by atoms with Crippen LogP contribution in [0.5, 0.6) is 0 Å². The molecule has 0 saturated carbocycles. The molecule has 3 heterocycles. The van der Waals surface area contributed by atoms with E-state index in [-0.39, 0.29) is 0 Å². The second kappa shape index (κ2) is 11.1. The topological polar surface area (TPSA) is 323 Å². The van der Waals surface area contributed by atoms with E-state index in [9.17, 15) is 63.9 Å². The van der Waals surface area contributed by atoms with Gasteiger partial charge in [0, 0.05) is 12.3 Å². The fourth-order valence-electron chi connectivity index (χ4n) is 3.31. The van der Waals surface area contributed by atoms with Crippen LogP contribution in [0.15, 0.2) is 21.9 Å². The lowest BCUT2D eigenvalue weighted by molar-refractivity contribution is -0.348. The Morgan fingerprint density at radius 1 is 1.00 bits per heavy atom. The van der Waals surface area contributed by atoms with Crippen LogP contribution in [0, 0.1) is 0 Å². The number of aliphatic carboxylic acids is 1. The number of aromatic amines is 1. The highest BCUT2D eigenvalue weighted by molar-refractivity contribution is 7.59. The molecule has 20 nitrogen and oxygen atoms in total. The number of phosphoric acid groups is 2. The van der Waals surface area contributed by atoms with Crippen LogP contribution in [0.4, 0.5) is 0 Å². The van der Waals surface area contributed by atoms with Crippen molar-refractivity contribution in [3.05, 3.63) is 33.1 Å². The van der Waals surface area contributed by atoms with E-state index in [1.165, 1.54) is 0 Å². The van der Waals surface area contributed by atoms with Gasteiger partial charge < -0.3 is 59.2 Å². The summed E-state index contributed by atoms with van der Waals surface area (Å²) in [5.74, 6) is -2.13. The lowest BCUT2D eigenvalue weighted by atomic mass is 9.99. The third-order valence-corrected chi connectivity index (χ3v) is 7.63. The van der Waals surface area contributed by atoms with Gasteiger partial charge in [-0.1, -0.05) is 0 Å². The first kappa shape index (κ1) is 29.7. The fraction of sp³-hybridized carbons (Fsp3) is 0.667. The molecule has 3 unspecified atom stereocenters. The third kappa shape index (κ3) is 6.77. The summed E-state index contributed by atoms with van der Waals surface area (Å²) in [5, 5.41) is 60.0. The SMILES string of the molecule is O=C([O-])[C@@H]1OC(OP(=O)([O-])OP(=O)([O-])OC[C@H]2O[C@@H](n3ccc(=O)[nH]c3=O)[C@H](O)[C@@H]2O)[C@H](O)[C@@H](O)[C@@H]1O. The van der Waals surface area contributed by atoms with Crippen LogP contribution in [0.2, 0.25) is 0 Å². The minimum absolute atomic E-state index is 0.670. The number of aromatic nitrogens is 2. The summed E-state index contributed by atoms with van der Waals surface area (Å²) in [6.07, 6.45) is -18.0. The molecule has 0 spiro atoms. The van der Waals surface area contributed by atoms with Crippen molar-refractivity contribution in [2.75, 3.05) is 6.61 Å². The molecule has 2 aliphatic rings. The average Bonchev–Trinajstić information content (AvgIpc) is 3.05. The largest absolute Gasteiger partial charge is 0.756 e. The Morgan fingerprint density at radius 3 is 2.24 bits per heavy atom. The smallest absolute Gasteiger partial charge is 0.330 e. The van der Waals surface area contributed by atoms with Gasteiger partial charge in [-0.3, -0.25) is 28.0 Å². The number of rotatable bonds is 9. The molecule has 0 amide bonds. The monoisotopic (exact) mass is 577 g/mol. The summed E-state index contributed by atoms with van der Waals surface area (Å²) in [7, 11) is -11.9. The number of carboxylic acids is 1. The van der Waals surface area contributed by atoms with Crippen LogP contribution in [-0.4, -0.2) is 96.7 Å². The molecule has 22 heteroatoms. The van der Waals surface area contributed by atoms with Gasteiger partial charge in [0.2, 0.25) is 0 Å². The van der Waals surface area contributed by atoms with E-state index in [1.807, 2.05) is 4.98 Å². The van der Waals surface area contributed by atoms with E-state index in [4.69, 9.17) is 4.74 Å². The van der Waals surface area contributed by atoms with E-state index in [0.29, 0.717) is 4.57 Å². The fourth-order valence-corrected chi connectivity index (χ4v) is 5.39. The van der Waals surface area contributed by atoms with Gasteiger partial charge in [-0.2, -0.15) is 0 Å². The molecular formula is C15H19N2O18P2-3. The minimum atomic E-state index is -6.06. The van der Waals surface area contributed by atoms with Crippen molar-refractivity contribution in [2.24, 2.45) is 0 Å².